The molecule has 0 saturated carbocycles. The van der Waals surface area contributed by atoms with E-state index in [0.717, 1.165) is 6.42 Å². The summed E-state index contributed by atoms with van der Waals surface area (Å²) in [6.45, 7) is 0.374. The molecule has 2 aliphatic rings. The van der Waals surface area contributed by atoms with Gasteiger partial charge < -0.3 is 25.7 Å². The molecule has 4 rings (SSSR count). The Bertz CT molecular complexity index is 1160. The number of nitrogens with zero attached hydrogens (tertiary/aromatic N) is 3. The van der Waals surface area contributed by atoms with Crippen molar-refractivity contribution in [1.29, 1.82) is 0 Å². The van der Waals surface area contributed by atoms with E-state index in [-0.39, 0.29) is 52.3 Å². The number of aliphatic hydroxyl groups is 1. The molecule has 4 N–H and O–H groups in total. The molecule has 32 heavy (non-hydrogen) atoms. The molecule has 1 amide bonds. The van der Waals surface area contributed by atoms with Gasteiger partial charge in [-0.1, -0.05) is 35.3 Å². The first-order valence-electron chi connectivity index (χ1n) is 9.70. The van der Waals surface area contributed by atoms with E-state index in [2.05, 4.69) is 19.4 Å². The number of likely N-dealkylation sites (tertiary alicyclic amines) is 1. The molecule has 2 aromatic rings. The number of hydrogen-bond donors (Lipinski definition) is 4. The number of aliphatic hydroxyl groups excluding tert-OH is 1. The van der Waals surface area contributed by atoms with Crippen LogP contribution in [0.15, 0.2) is 45.2 Å². The van der Waals surface area contributed by atoms with Crippen LogP contribution in [0.4, 0.5) is 11.4 Å². The minimum Gasteiger partial charge on any atom is -0.505 e. The van der Waals surface area contributed by atoms with Crippen LogP contribution >= 0.6 is 23.2 Å². The zero-order valence-electron chi connectivity index (χ0n) is 16.6. The van der Waals surface area contributed by atoms with E-state index >= 15 is 0 Å². The van der Waals surface area contributed by atoms with Crippen LogP contribution in [0.1, 0.15) is 23.2 Å². The topological polar surface area (TPSA) is 127 Å². The molecule has 2 heterocycles. The van der Waals surface area contributed by atoms with Crippen molar-refractivity contribution in [3.63, 3.8) is 0 Å². The van der Waals surface area contributed by atoms with Gasteiger partial charge >= 0.3 is 0 Å². The summed E-state index contributed by atoms with van der Waals surface area (Å²) < 4.78 is 19.8. The van der Waals surface area contributed by atoms with E-state index in [4.69, 9.17) is 23.2 Å². The second-order valence-electron chi connectivity index (χ2n) is 7.14. The van der Waals surface area contributed by atoms with E-state index in [9.17, 15) is 19.2 Å². The number of carbonyl (C=O) groups is 1. The molecule has 0 bridgehead atoms. The summed E-state index contributed by atoms with van der Waals surface area (Å²) in [7, 11) is 0. The second-order valence-corrected chi connectivity index (χ2v) is 8.75. The predicted octanol–water partition coefficient (Wildman–Crippen LogP) is 3.21. The van der Waals surface area contributed by atoms with Crippen LogP contribution in [0.3, 0.4) is 0 Å². The summed E-state index contributed by atoms with van der Waals surface area (Å²) in [4.78, 5) is 14.5. The van der Waals surface area contributed by atoms with Crippen molar-refractivity contribution < 1.29 is 19.2 Å². The van der Waals surface area contributed by atoms with E-state index in [1.54, 1.807) is 35.2 Å². The molecule has 2 unspecified atom stereocenters. The molecule has 0 spiro atoms. The van der Waals surface area contributed by atoms with E-state index in [1.807, 2.05) is 0 Å². The maximum absolute atomic E-state index is 12.9. The molecular weight excluding hydrogens is 477 g/mol. The zero-order valence-corrected chi connectivity index (χ0v) is 18.9. The first kappa shape index (κ1) is 22.5. The molecule has 9 nitrogen and oxygen atoms in total. The van der Waals surface area contributed by atoms with Crippen LogP contribution < -0.4 is 10.6 Å². The zero-order chi connectivity index (χ0) is 22.8. The van der Waals surface area contributed by atoms with Gasteiger partial charge in [0.25, 0.3) is 17.1 Å². The highest BCUT2D eigenvalue weighted by Gasteiger charge is 2.31. The molecule has 0 aliphatic carbocycles. The number of anilines is 2. The highest BCUT2D eigenvalue weighted by Crippen LogP contribution is 2.32. The number of rotatable bonds is 4. The number of para-hydroxylation sites is 1. The van der Waals surface area contributed by atoms with Crippen molar-refractivity contribution >= 4 is 63.3 Å². The molecule has 1 saturated heterocycles. The fourth-order valence-corrected chi connectivity index (χ4v) is 4.51. The highest BCUT2D eigenvalue weighted by molar-refractivity contribution is 7.83. The maximum atomic E-state index is 12.9. The Morgan fingerprint density at radius 2 is 1.78 bits per heavy atom. The Morgan fingerprint density at radius 3 is 2.50 bits per heavy atom. The molecule has 2 aliphatic heterocycles. The number of phenolic OH excluding ortho intramolecular Hbond substituents is 1. The number of nitrogens with one attached hydrogen (secondary N) is 2. The molecule has 2 atom stereocenters. The number of carbonyl (C=O) groups excluding carboxylic acids is 1. The number of benzene rings is 2. The maximum Gasteiger partial charge on any atom is 0.269 e. The summed E-state index contributed by atoms with van der Waals surface area (Å²) in [6, 6.07) is 9.36. The summed E-state index contributed by atoms with van der Waals surface area (Å²) in [5.74, 6) is -0.448. The highest BCUT2D eigenvalue weighted by atomic mass is 35.5. The molecule has 1 fully saturated rings. The summed E-state index contributed by atoms with van der Waals surface area (Å²) in [5, 5.41) is 26.7. The van der Waals surface area contributed by atoms with Crippen molar-refractivity contribution in [3.05, 3.63) is 52.0 Å². The van der Waals surface area contributed by atoms with Crippen LogP contribution in [-0.4, -0.2) is 56.1 Å². The number of hydrogen-bond acceptors (Lipinski definition) is 6. The third kappa shape index (κ3) is 4.44. The molecule has 2 aromatic carbocycles. The van der Waals surface area contributed by atoms with Gasteiger partial charge in [-0.15, -0.1) is 8.80 Å². The third-order valence-electron chi connectivity index (χ3n) is 5.14. The van der Waals surface area contributed by atoms with Crippen LogP contribution in [0.25, 0.3) is 0 Å². The Labute approximate surface area is 196 Å². The molecule has 0 aromatic heterocycles. The first-order valence-corrected chi connectivity index (χ1v) is 11.5. The lowest BCUT2D eigenvalue weighted by atomic mass is 10.1. The normalized spacial score (nSPS) is 20.2. The third-order valence-corrected chi connectivity index (χ3v) is 6.63. The van der Waals surface area contributed by atoms with Gasteiger partial charge in [-0.25, -0.2) is 4.21 Å². The lowest BCUT2D eigenvalue weighted by molar-refractivity contribution is 0.0674. The molecular formula is C20H19Cl2N5O4S. The Balaban J connectivity index is 1.57. The quantitative estimate of drug-likeness (QED) is 0.482. The average Bonchev–Trinajstić information content (AvgIpc) is 3.38. The number of amides is 1. The van der Waals surface area contributed by atoms with Crippen molar-refractivity contribution in [2.75, 3.05) is 23.8 Å². The second kappa shape index (κ2) is 9.45. The van der Waals surface area contributed by atoms with Gasteiger partial charge in [0, 0.05) is 6.54 Å². The van der Waals surface area contributed by atoms with Gasteiger partial charge in [-0.2, -0.15) is 0 Å². The minimum absolute atomic E-state index is 0.0828. The summed E-state index contributed by atoms with van der Waals surface area (Å²) in [6.07, 6.45) is 1.50. The fourth-order valence-electron chi connectivity index (χ4n) is 3.55. The standard InChI is InChI=1S/C20H19Cl2N5O4S/c21-13-6-2-7-14(16(13)22)23-18-19(26-32(31)25-18)24-15-8-1-5-12(17(15)29)20(30)27-9-3-4-11(27)10-28/h1-2,5-8,11,28-29H,3-4,9-10H2,(H,23,25)(H,24,26). The number of phenols is 1. The van der Waals surface area contributed by atoms with Crippen LogP contribution in [0.5, 0.6) is 5.75 Å². The molecule has 12 heteroatoms. The van der Waals surface area contributed by atoms with Crippen LogP contribution in [0.2, 0.25) is 10.0 Å². The largest absolute Gasteiger partial charge is 0.505 e. The predicted molar refractivity (Wildman–Crippen MR) is 126 cm³/mol. The van der Waals surface area contributed by atoms with Crippen molar-refractivity contribution in [2.24, 2.45) is 8.80 Å². The van der Waals surface area contributed by atoms with E-state index in [1.165, 1.54) is 6.07 Å². The van der Waals surface area contributed by atoms with Gasteiger partial charge in [-0.05, 0) is 37.1 Å². The lowest BCUT2D eigenvalue weighted by Gasteiger charge is -2.24. The van der Waals surface area contributed by atoms with Gasteiger partial charge in [0.05, 0.1) is 39.6 Å². The van der Waals surface area contributed by atoms with E-state index in [0.29, 0.717) is 23.7 Å². The summed E-state index contributed by atoms with van der Waals surface area (Å²) >= 11 is 10.4. The van der Waals surface area contributed by atoms with E-state index < -0.39 is 11.2 Å². The number of aromatic hydroxyl groups is 1. The van der Waals surface area contributed by atoms with Gasteiger partial charge in [0.2, 0.25) is 0 Å². The monoisotopic (exact) mass is 495 g/mol. The molecule has 0 radical (unpaired) electrons. The first-order chi connectivity index (χ1) is 15.4. The number of amidine groups is 2. The van der Waals surface area contributed by atoms with Gasteiger partial charge in [-0.3, -0.25) is 4.79 Å². The average molecular weight is 496 g/mol. The van der Waals surface area contributed by atoms with Crippen molar-refractivity contribution in [3.8, 4) is 5.75 Å². The minimum atomic E-state index is -1.88. The Kier molecular flexibility index (Phi) is 6.66. The fraction of sp³-hybridized carbons (Fsp3) is 0.250. The Hall–Kier alpha value is -2.66. The SMILES string of the molecule is O=C(c1cccc(NC2=NS(=O)N=C2Nc2cccc(Cl)c2Cl)c1O)N1CCCC1CO. The van der Waals surface area contributed by atoms with Crippen molar-refractivity contribution in [1.82, 2.24) is 4.90 Å². The lowest BCUT2D eigenvalue weighted by Crippen LogP contribution is -2.37. The van der Waals surface area contributed by atoms with Gasteiger partial charge in [0.1, 0.15) is 0 Å². The molecule has 168 valence electrons. The van der Waals surface area contributed by atoms with Crippen LogP contribution in [-0.2, 0) is 11.2 Å². The Morgan fingerprint density at radius 1 is 1.12 bits per heavy atom. The van der Waals surface area contributed by atoms with Crippen molar-refractivity contribution in [2.45, 2.75) is 18.9 Å². The smallest absolute Gasteiger partial charge is 0.269 e. The van der Waals surface area contributed by atoms with Gasteiger partial charge in [0.15, 0.2) is 17.4 Å². The summed E-state index contributed by atoms with van der Waals surface area (Å²) in [5.41, 5.74) is 0.697. The van der Waals surface area contributed by atoms with Crippen LogP contribution in [0, 0.1) is 0 Å². The number of halogens is 2.